The van der Waals surface area contributed by atoms with Gasteiger partial charge in [0.05, 0.1) is 11.2 Å². The lowest BCUT2D eigenvalue weighted by Crippen LogP contribution is -2.46. The van der Waals surface area contributed by atoms with E-state index in [0.29, 0.717) is 5.92 Å². The van der Waals surface area contributed by atoms with Gasteiger partial charge in [0, 0.05) is 13.2 Å². The van der Waals surface area contributed by atoms with Crippen molar-refractivity contribution in [3.63, 3.8) is 0 Å². The quantitative estimate of drug-likeness (QED) is 0.700. The molecule has 4 nitrogen and oxygen atoms in total. The van der Waals surface area contributed by atoms with E-state index in [0.717, 1.165) is 6.42 Å². The molecule has 1 fully saturated rings. The third-order valence-corrected chi connectivity index (χ3v) is 4.52. The molecule has 21 heavy (non-hydrogen) atoms. The highest BCUT2D eigenvalue weighted by Crippen LogP contribution is 2.37. The summed E-state index contributed by atoms with van der Waals surface area (Å²) >= 11 is 0. The van der Waals surface area contributed by atoms with Crippen molar-refractivity contribution in [2.24, 2.45) is 5.92 Å². The second kappa shape index (κ2) is 8.56. The van der Waals surface area contributed by atoms with Crippen molar-refractivity contribution in [1.82, 2.24) is 0 Å². The lowest BCUT2D eigenvalue weighted by molar-refractivity contribution is 0.00578. The Morgan fingerprint density at radius 2 is 1.48 bits per heavy atom. The van der Waals surface area contributed by atoms with Gasteiger partial charge in [-0.05, 0) is 40.5 Å². The lowest BCUT2D eigenvalue weighted by atomic mass is 9.48. The monoisotopic (exact) mass is 300 g/mol. The fraction of sp³-hybridized carbons (Fsp3) is 1.00. The van der Waals surface area contributed by atoms with Crippen LogP contribution in [-0.4, -0.2) is 38.4 Å². The first-order valence-corrected chi connectivity index (χ1v) is 8.18. The smallest absolute Gasteiger partial charge is 0.416 e. The highest BCUT2D eigenvalue weighted by atomic mass is 16.7. The highest BCUT2D eigenvalue weighted by Gasteiger charge is 2.57. The minimum atomic E-state index is -0.495. The Morgan fingerprint density at radius 3 is 1.81 bits per heavy atom. The van der Waals surface area contributed by atoms with Crippen LogP contribution < -0.4 is 0 Å². The van der Waals surface area contributed by atoms with Gasteiger partial charge in [0.25, 0.3) is 0 Å². The van der Waals surface area contributed by atoms with E-state index in [1.165, 1.54) is 0 Å². The lowest BCUT2D eigenvalue weighted by Gasteiger charge is -2.32. The minimum absolute atomic E-state index is 0.106. The molecule has 1 aliphatic rings. The summed E-state index contributed by atoms with van der Waals surface area (Å²) in [7, 11) is 0.644. The van der Waals surface area contributed by atoms with Crippen LogP contribution >= 0.6 is 0 Å². The summed E-state index contributed by atoms with van der Waals surface area (Å²) in [5, 5.41) is 0. The van der Waals surface area contributed by atoms with Crippen LogP contribution in [0.1, 0.15) is 68.7 Å². The van der Waals surface area contributed by atoms with Gasteiger partial charge in [0.1, 0.15) is 0 Å². The molecular formula is C15H34B2O4. The molecule has 0 aliphatic carbocycles. The van der Waals surface area contributed by atoms with Gasteiger partial charge in [-0.3, -0.25) is 0 Å². The summed E-state index contributed by atoms with van der Waals surface area (Å²) in [6, 6.07) is 0. The van der Waals surface area contributed by atoms with Crippen LogP contribution in [0.4, 0.5) is 0 Å². The molecule has 1 saturated heterocycles. The molecule has 1 heterocycles. The first kappa shape index (κ1) is 21.0. The van der Waals surface area contributed by atoms with E-state index < -0.39 is 14.0 Å². The van der Waals surface area contributed by atoms with Gasteiger partial charge in [0.15, 0.2) is 0 Å². The fourth-order valence-electron chi connectivity index (χ4n) is 1.91. The zero-order chi connectivity index (χ0) is 16.8. The van der Waals surface area contributed by atoms with Gasteiger partial charge in [-0.15, -0.1) is 0 Å². The van der Waals surface area contributed by atoms with E-state index in [-0.39, 0.29) is 17.3 Å². The molecule has 0 N–H and O–H groups in total. The van der Waals surface area contributed by atoms with Gasteiger partial charge >= 0.3 is 14.0 Å². The molecule has 6 heteroatoms. The third-order valence-electron chi connectivity index (χ3n) is 4.52. The standard InChI is InChI=1S/C13H28B2O4.C2H6/c1-9-10(2)11(3)17-14(16-8)15-18-12(4,5)13(6,7)19-15;1-2/h10-11H,9H2,1-8H3;1-2H3. The van der Waals surface area contributed by atoms with Gasteiger partial charge in [-0.1, -0.05) is 34.1 Å². The molecule has 124 valence electrons. The fourth-order valence-corrected chi connectivity index (χ4v) is 1.91. The van der Waals surface area contributed by atoms with Crippen molar-refractivity contribution in [3.8, 4) is 0 Å². The Morgan fingerprint density at radius 1 is 1.05 bits per heavy atom. The molecule has 0 spiro atoms. The second-order valence-corrected chi connectivity index (χ2v) is 6.46. The predicted molar refractivity (Wildman–Crippen MR) is 90.2 cm³/mol. The Kier molecular flexibility index (Phi) is 8.55. The normalized spacial score (nSPS) is 22.3. The van der Waals surface area contributed by atoms with E-state index in [2.05, 4.69) is 20.8 Å². The average Bonchev–Trinajstić information content (AvgIpc) is 2.65. The van der Waals surface area contributed by atoms with Crippen molar-refractivity contribution in [2.45, 2.75) is 86.0 Å². The van der Waals surface area contributed by atoms with Crippen molar-refractivity contribution in [2.75, 3.05) is 7.11 Å². The molecule has 0 bridgehead atoms. The van der Waals surface area contributed by atoms with Crippen molar-refractivity contribution in [3.05, 3.63) is 0 Å². The molecule has 0 radical (unpaired) electrons. The van der Waals surface area contributed by atoms with E-state index in [4.69, 9.17) is 18.6 Å². The van der Waals surface area contributed by atoms with Crippen LogP contribution in [0.2, 0.25) is 0 Å². The summed E-state index contributed by atoms with van der Waals surface area (Å²) in [4.78, 5) is 0. The van der Waals surface area contributed by atoms with Gasteiger partial charge in [0.2, 0.25) is 0 Å². The zero-order valence-electron chi connectivity index (χ0n) is 15.6. The van der Waals surface area contributed by atoms with Crippen molar-refractivity contribution < 1.29 is 18.6 Å². The number of rotatable bonds is 6. The number of hydrogen-bond donors (Lipinski definition) is 0. The maximum Gasteiger partial charge on any atom is 0.488 e. The molecule has 2 unspecified atom stereocenters. The molecule has 2 atom stereocenters. The van der Waals surface area contributed by atoms with Crippen LogP contribution in [0.15, 0.2) is 0 Å². The summed E-state index contributed by atoms with van der Waals surface area (Å²) in [5.74, 6) is 0.472. The molecule has 0 amide bonds. The first-order valence-electron chi connectivity index (χ1n) is 8.18. The molecule has 0 saturated carbocycles. The maximum absolute atomic E-state index is 5.96. The number of hydrogen-bond acceptors (Lipinski definition) is 4. The average molecular weight is 300 g/mol. The first-order chi connectivity index (χ1) is 9.64. The summed E-state index contributed by atoms with van der Waals surface area (Å²) in [5.41, 5.74) is -0.727. The summed E-state index contributed by atoms with van der Waals surface area (Å²) in [6.45, 7) is 18.5. The van der Waals surface area contributed by atoms with Gasteiger partial charge in [-0.25, -0.2) is 0 Å². The molecule has 0 aromatic rings. The van der Waals surface area contributed by atoms with E-state index in [1.807, 2.05) is 41.5 Å². The molecule has 1 rings (SSSR count). The molecule has 0 aromatic heterocycles. The van der Waals surface area contributed by atoms with Crippen LogP contribution in [0.3, 0.4) is 0 Å². The second-order valence-electron chi connectivity index (χ2n) is 6.46. The summed E-state index contributed by atoms with van der Waals surface area (Å²) in [6.07, 6.45) is 1.18. The largest absolute Gasteiger partial charge is 0.488 e. The molecular weight excluding hydrogens is 266 g/mol. The van der Waals surface area contributed by atoms with Crippen LogP contribution in [-0.2, 0) is 18.6 Å². The topological polar surface area (TPSA) is 36.9 Å². The van der Waals surface area contributed by atoms with E-state index in [1.54, 1.807) is 7.11 Å². The Labute approximate surface area is 132 Å². The van der Waals surface area contributed by atoms with Crippen LogP contribution in [0.5, 0.6) is 0 Å². The highest BCUT2D eigenvalue weighted by molar-refractivity contribution is 7.10. The maximum atomic E-state index is 5.96. The van der Waals surface area contributed by atoms with Crippen LogP contribution in [0, 0.1) is 5.92 Å². The Hall–Kier alpha value is -0.0301. The summed E-state index contributed by atoms with van der Waals surface area (Å²) < 4.78 is 23.3. The third kappa shape index (κ3) is 5.27. The van der Waals surface area contributed by atoms with Crippen molar-refractivity contribution in [1.29, 1.82) is 0 Å². The van der Waals surface area contributed by atoms with Gasteiger partial charge in [-0.2, -0.15) is 0 Å². The Balaban J connectivity index is 0.00000191. The van der Waals surface area contributed by atoms with E-state index in [9.17, 15) is 0 Å². The Bertz CT molecular complexity index is 281. The zero-order valence-corrected chi connectivity index (χ0v) is 15.6. The van der Waals surface area contributed by atoms with Gasteiger partial charge < -0.3 is 18.6 Å². The van der Waals surface area contributed by atoms with Crippen LogP contribution in [0.25, 0.3) is 0 Å². The minimum Gasteiger partial charge on any atom is -0.416 e. The van der Waals surface area contributed by atoms with E-state index >= 15 is 0 Å². The molecule has 1 aliphatic heterocycles. The SMILES string of the molecule is CC.CCC(C)C(C)OB(OC)B1OC(C)(C)C(C)(C)O1. The molecule has 0 aromatic carbocycles. The predicted octanol–water partition coefficient (Wildman–Crippen LogP) is 3.77. The van der Waals surface area contributed by atoms with Crippen molar-refractivity contribution >= 4 is 14.0 Å².